The monoisotopic (exact) mass is 462 g/mol. The van der Waals surface area contributed by atoms with Gasteiger partial charge in [0.05, 0.1) is 13.5 Å². The molecule has 5 heteroatoms. The van der Waals surface area contributed by atoms with E-state index in [2.05, 4.69) is 16.9 Å². The predicted octanol–water partition coefficient (Wildman–Crippen LogP) is 5.54. The van der Waals surface area contributed by atoms with Gasteiger partial charge >= 0.3 is 5.97 Å². The van der Waals surface area contributed by atoms with E-state index in [9.17, 15) is 9.59 Å². The number of hydrogen-bond acceptors (Lipinski definition) is 5. The van der Waals surface area contributed by atoms with Crippen molar-refractivity contribution in [1.29, 1.82) is 0 Å². The molecule has 3 rings (SSSR count). The SMILES string of the molecule is CC(C=O)=Cc1ccccc1.COC(=O)Cc1ccccc1.COC(Cc1ccccc1)OC. The first-order chi connectivity index (χ1) is 16.5. The van der Waals surface area contributed by atoms with Crippen LogP contribution in [0.15, 0.2) is 96.6 Å². The highest BCUT2D eigenvalue weighted by Gasteiger charge is 2.04. The van der Waals surface area contributed by atoms with E-state index < -0.39 is 0 Å². The number of benzene rings is 3. The van der Waals surface area contributed by atoms with Crippen molar-refractivity contribution in [2.75, 3.05) is 21.3 Å². The molecule has 0 atom stereocenters. The van der Waals surface area contributed by atoms with Gasteiger partial charge in [0.1, 0.15) is 6.29 Å². The zero-order valence-corrected chi connectivity index (χ0v) is 20.3. The standard InChI is InChI=1S/C10H14O2.C10H10O.C9H10O2/c1-11-10(12-2)8-9-6-4-3-5-7-9;1-9(8-11)7-10-5-3-2-4-6-10;1-11-9(10)7-8-5-3-2-4-6-8/h3-7,10H,8H2,1-2H3;2-8H,1H3;2-6H,7H2,1H3. The van der Waals surface area contributed by atoms with Gasteiger partial charge in [0.2, 0.25) is 0 Å². The van der Waals surface area contributed by atoms with Crippen molar-refractivity contribution in [2.24, 2.45) is 0 Å². The Balaban J connectivity index is 0.000000255. The molecule has 0 aliphatic heterocycles. The quantitative estimate of drug-likeness (QED) is 0.190. The maximum absolute atomic E-state index is 10.8. The second-order valence-electron chi connectivity index (χ2n) is 7.25. The highest BCUT2D eigenvalue weighted by molar-refractivity contribution is 5.80. The Morgan fingerprint density at radius 2 is 1.24 bits per heavy atom. The summed E-state index contributed by atoms with van der Waals surface area (Å²) in [5.74, 6) is -0.198. The van der Waals surface area contributed by atoms with Crippen LogP contribution in [0, 0.1) is 0 Å². The number of allylic oxidation sites excluding steroid dienone is 1. The smallest absolute Gasteiger partial charge is 0.309 e. The van der Waals surface area contributed by atoms with Crippen LogP contribution in [-0.4, -0.2) is 39.9 Å². The molecule has 0 aliphatic carbocycles. The van der Waals surface area contributed by atoms with E-state index in [1.807, 2.05) is 84.9 Å². The van der Waals surface area contributed by atoms with E-state index >= 15 is 0 Å². The van der Waals surface area contributed by atoms with Crippen LogP contribution in [0.2, 0.25) is 0 Å². The number of rotatable bonds is 8. The first-order valence-corrected chi connectivity index (χ1v) is 10.9. The molecule has 0 amide bonds. The second kappa shape index (κ2) is 18.0. The largest absolute Gasteiger partial charge is 0.469 e. The van der Waals surface area contributed by atoms with Crippen LogP contribution in [-0.2, 0) is 36.6 Å². The molecule has 0 radical (unpaired) electrons. The molecule has 3 aromatic carbocycles. The summed E-state index contributed by atoms with van der Waals surface area (Å²) in [6.07, 6.45) is 3.73. The Kier molecular flexibility index (Phi) is 15.0. The van der Waals surface area contributed by atoms with Crippen LogP contribution < -0.4 is 0 Å². The fourth-order valence-corrected chi connectivity index (χ4v) is 2.75. The van der Waals surface area contributed by atoms with Crippen LogP contribution >= 0.6 is 0 Å². The Morgan fingerprint density at radius 3 is 1.68 bits per heavy atom. The Bertz CT molecular complexity index is 950. The number of carbonyl (C=O) groups is 2. The van der Waals surface area contributed by atoms with Crippen molar-refractivity contribution in [2.45, 2.75) is 26.1 Å². The van der Waals surface area contributed by atoms with Crippen LogP contribution in [0.3, 0.4) is 0 Å². The number of aldehydes is 1. The summed E-state index contributed by atoms with van der Waals surface area (Å²) in [5.41, 5.74) is 4.03. The summed E-state index contributed by atoms with van der Waals surface area (Å²) in [7, 11) is 4.69. The predicted molar refractivity (Wildman–Crippen MR) is 136 cm³/mol. The highest BCUT2D eigenvalue weighted by Crippen LogP contribution is 2.05. The van der Waals surface area contributed by atoms with Gasteiger partial charge in [0, 0.05) is 20.6 Å². The lowest BCUT2D eigenvalue weighted by Gasteiger charge is -2.12. The molecule has 0 saturated heterocycles. The summed E-state index contributed by atoms with van der Waals surface area (Å²) in [6.45, 7) is 1.79. The third kappa shape index (κ3) is 13.1. The van der Waals surface area contributed by atoms with Gasteiger partial charge in [-0.3, -0.25) is 9.59 Å². The van der Waals surface area contributed by atoms with Gasteiger partial charge in [-0.25, -0.2) is 0 Å². The molecule has 0 bridgehead atoms. The lowest BCUT2D eigenvalue weighted by Crippen LogP contribution is -2.15. The summed E-state index contributed by atoms with van der Waals surface area (Å²) in [6, 6.07) is 29.4. The van der Waals surface area contributed by atoms with Gasteiger partial charge in [0.25, 0.3) is 0 Å². The average Bonchev–Trinajstić information content (AvgIpc) is 2.89. The Hall–Kier alpha value is -3.54. The molecule has 5 nitrogen and oxygen atoms in total. The van der Waals surface area contributed by atoms with Crippen LogP contribution in [0.4, 0.5) is 0 Å². The molecule has 0 unspecified atom stereocenters. The third-order valence-electron chi connectivity index (χ3n) is 4.57. The Labute approximate surface area is 203 Å². The molecule has 34 heavy (non-hydrogen) atoms. The molecular formula is C29H34O5. The molecule has 0 aromatic heterocycles. The van der Waals surface area contributed by atoms with E-state index in [0.717, 1.165) is 29.4 Å². The van der Waals surface area contributed by atoms with Crippen molar-refractivity contribution in [1.82, 2.24) is 0 Å². The second-order valence-corrected chi connectivity index (χ2v) is 7.25. The van der Waals surface area contributed by atoms with Crippen molar-refractivity contribution >= 4 is 18.3 Å². The van der Waals surface area contributed by atoms with Crippen molar-refractivity contribution < 1.29 is 23.8 Å². The highest BCUT2D eigenvalue weighted by atomic mass is 16.7. The zero-order chi connectivity index (χ0) is 25.0. The van der Waals surface area contributed by atoms with Gasteiger partial charge < -0.3 is 14.2 Å². The molecule has 0 saturated carbocycles. The summed E-state index contributed by atoms with van der Waals surface area (Å²) in [5, 5.41) is 0. The molecule has 0 spiro atoms. The van der Waals surface area contributed by atoms with Gasteiger partial charge in [-0.2, -0.15) is 0 Å². The van der Waals surface area contributed by atoms with Crippen molar-refractivity contribution in [3.63, 3.8) is 0 Å². The van der Waals surface area contributed by atoms with Crippen LogP contribution in [0.25, 0.3) is 6.08 Å². The molecule has 180 valence electrons. The lowest BCUT2D eigenvalue weighted by molar-refractivity contribution is -0.139. The van der Waals surface area contributed by atoms with Crippen LogP contribution in [0.1, 0.15) is 23.6 Å². The van der Waals surface area contributed by atoms with Gasteiger partial charge in [-0.1, -0.05) is 91.0 Å². The maximum atomic E-state index is 10.8. The van der Waals surface area contributed by atoms with Gasteiger partial charge in [-0.05, 0) is 35.3 Å². The van der Waals surface area contributed by atoms with Crippen molar-refractivity contribution in [3.8, 4) is 0 Å². The van der Waals surface area contributed by atoms with Gasteiger partial charge in [-0.15, -0.1) is 0 Å². The molecule has 3 aromatic rings. The van der Waals surface area contributed by atoms with Gasteiger partial charge in [0.15, 0.2) is 6.29 Å². The first kappa shape index (κ1) is 28.5. The topological polar surface area (TPSA) is 61.8 Å². The number of esters is 1. The first-order valence-electron chi connectivity index (χ1n) is 10.9. The van der Waals surface area contributed by atoms with E-state index in [4.69, 9.17) is 9.47 Å². The van der Waals surface area contributed by atoms with E-state index in [0.29, 0.717) is 6.42 Å². The molecule has 0 heterocycles. The number of methoxy groups -OCH3 is 3. The van der Waals surface area contributed by atoms with E-state index in [-0.39, 0.29) is 12.3 Å². The van der Waals surface area contributed by atoms with Crippen LogP contribution in [0.5, 0.6) is 0 Å². The molecule has 0 N–H and O–H groups in total. The normalized spacial score (nSPS) is 10.3. The fourth-order valence-electron chi connectivity index (χ4n) is 2.75. The Morgan fingerprint density at radius 1 is 0.765 bits per heavy atom. The lowest BCUT2D eigenvalue weighted by atomic mass is 10.1. The minimum atomic E-state index is -0.198. The summed E-state index contributed by atoms with van der Waals surface area (Å²) < 4.78 is 14.7. The average molecular weight is 463 g/mol. The van der Waals surface area contributed by atoms with Crippen molar-refractivity contribution in [3.05, 3.63) is 113 Å². The molecular weight excluding hydrogens is 428 g/mol. The summed E-state index contributed by atoms with van der Waals surface area (Å²) >= 11 is 0. The zero-order valence-electron chi connectivity index (χ0n) is 20.3. The van der Waals surface area contributed by atoms with E-state index in [1.165, 1.54) is 12.7 Å². The number of ether oxygens (including phenoxy) is 3. The number of carbonyl (C=O) groups excluding carboxylic acids is 2. The third-order valence-corrected chi connectivity index (χ3v) is 4.57. The van der Waals surface area contributed by atoms with E-state index in [1.54, 1.807) is 21.1 Å². The minimum absolute atomic E-state index is 0.132. The molecule has 0 aliphatic rings. The maximum Gasteiger partial charge on any atom is 0.309 e. The minimum Gasteiger partial charge on any atom is -0.469 e. The summed E-state index contributed by atoms with van der Waals surface area (Å²) in [4.78, 5) is 21.0. The molecule has 0 fully saturated rings. The fraction of sp³-hybridized carbons (Fsp3) is 0.241. The number of hydrogen-bond donors (Lipinski definition) is 0.